The number of aryl methyl sites for hydroxylation is 1. The number of carbonyl (C=O) groups excluding carboxylic acids is 2. The molecule has 0 unspecified atom stereocenters. The van der Waals surface area contributed by atoms with Crippen LogP contribution in [-0.4, -0.2) is 67.2 Å². The zero-order chi connectivity index (χ0) is 30.5. The maximum absolute atomic E-state index is 13.6. The van der Waals surface area contributed by atoms with Crippen molar-refractivity contribution < 1.29 is 18.0 Å². The summed E-state index contributed by atoms with van der Waals surface area (Å²) in [5.41, 5.74) is 4.59. The molecule has 226 valence electrons. The van der Waals surface area contributed by atoms with Gasteiger partial charge in [0.15, 0.2) is 9.84 Å². The van der Waals surface area contributed by atoms with Gasteiger partial charge in [-0.1, -0.05) is 23.2 Å². The van der Waals surface area contributed by atoms with Crippen LogP contribution in [0.15, 0.2) is 41.3 Å². The van der Waals surface area contributed by atoms with E-state index in [-0.39, 0.29) is 22.5 Å². The van der Waals surface area contributed by atoms with Crippen LogP contribution in [0.3, 0.4) is 0 Å². The van der Waals surface area contributed by atoms with E-state index in [9.17, 15) is 18.0 Å². The van der Waals surface area contributed by atoms with Crippen molar-refractivity contribution in [3.8, 4) is 0 Å². The van der Waals surface area contributed by atoms with Crippen LogP contribution >= 0.6 is 23.2 Å². The topological polar surface area (TPSA) is 103 Å². The van der Waals surface area contributed by atoms with E-state index in [2.05, 4.69) is 15.2 Å². The van der Waals surface area contributed by atoms with Gasteiger partial charge in [0.2, 0.25) is 0 Å². The van der Waals surface area contributed by atoms with Crippen molar-refractivity contribution in [3.05, 3.63) is 80.1 Å². The molecule has 2 amide bonds. The predicted molar refractivity (Wildman–Crippen MR) is 170 cm³/mol. The van der Waals surface area contributed by atoms with Crippen LogP contribution < -0.4 is 5.32 Å². The highest BCUT2D eigenvalue weighted by atomic mass is 35.5. The van der Waals surface area contributed by atoms with Gasteiger partial charge >= 0.3 is 0 Å². The molecule has 0 radical (unpaired) electrons. The summed E-state index contributed by atoms with van der Waals surface area (Å²) in [4.78, 5) is 34.6. The number of aromatic amines is 1. The molecule has 2 saturated heterocycles. The van der Waals surface area contributed by atoms with E-state index in [1.807, 2.05) is 18.7 Å². The first-order valence-electron chi connectivity index (χ1n) is 14.6. The zero-order valence-corrected chi connectivity index (χ0v) is 26.5. The minimum absolute atomic E-state index is 0.00143. The molecule has 11 heteroatoms. The molecule has 8 nitrogen and oxygen atoms in total. The first kappa shape index (κ1) is 29.9. The fourth-order valence-electron chi connectivity index (χ4n) is 6.58. The number of amides is 2. The van der Waals surface area contributed by atoms with Crippen molar-refractivity contribution >= 4 is 62.2 Å². The second-order valence-corrected chi connectivity index (χ2v) is 14.5. The van der Waals surface area contributed by atoms with Crippen molar-refractivity contribution in [2.24, 2.45) is 0 Å². The van der Waals surface area contributed by atoms with Gasteiger partial charge in [-0.05, 0) is 106 Å². The molecule has 3 aliphatic heterocycles. The minimum Gasteiger partial charge on any atom is -0.358 e. The van der Waals surface area contributed by atoms with E-state index in [1.54, 1.807) is 30.3 Å². The number of carbonyl (C=O) groups is 2. The largest absolute Gasteiger partial charge is 0.358 e. The summed E-state index contributed by atoms with van der Waals surface area (Å²) in [6.45, 7) is 7.53. The number of rotatable bonds is 6. The lowest BCUT2D eigenvalue weighted by molar-refractivity contribution is -0.110. The summed E-state index contributed by atoms with van der Waals surface area (Å²) in [5, 5.41) is 3.53. The van der Waals surface area contributed by atoms with Gasteiger partial charge in [-0.25, -0.2) is 8.42 Å². The summed E-state index contributed by atoms with van der Waals surface area (Å²) in [6.07, 6.45) is 6.19. The molecular formula is C32H34Cl2N4O4S. The monoisotopic (exact) mass is 640 g/mol. The van der Waals surface area contributed by atoms with E-state index >= 15 is 0 Å². The first-order chi connectivity index (χ1) is 20.5. The van der Waals surface area contributed by atoms with Crippen LogP contribution in [0.1, 0.15) is 64.1 Å². The van der Waals surface area contributed by atoms with Gasteiger partial charge in [0.25, 0.3) is 11.8 Å². The predicted octanol–water partition coefficient (Wildman–Crippen LogP) is 6.11. The number of hydrogen-bond donors (Lipinski definition) is 2. The third kappa shape index (κ3) is 6.00. The quantitative estimate of drug-likeness (QED) is 0.317. The first-order valence-corrected chi connectivity index (χ1v) is 17.0. The van der Waals surface area contributed by atoms with Crippen molar-refractivity contribution in [1.29, 1.82) is 0 Å². The second kappa shape index (κ2) is 11.8. The summed E-state index contributed by atoms with van der Waals surface area (Å²) in [6, 6.07) is 9.83. The van der Waals surface area contributed by atoms with Crippen LogP contribution in [0.25, 0.3) is 11.6 Å². The highest BCUT2D eigenvalue weighted by Gasteiger charge is 2.32. The molecule has 0 saturated carbocycles. The molecule has 2 fully saturated rings. The normalized spacial score (nSPS) is 18.8. The number of sulfone groups is 1. The molecule has 1 aromatic heterocycles. The minimum atomic E-state index is -3.77. The summed E-state index contributed by atoms with van der Waals surface area (Å²) >= 11 is 12.1. The molecule has 0 spiro atoms. The van der Waals surface area contributed by atoms with E-state index in [0.717, 1.165) is 50.3 Å². The average molecular weight is 642 g/mol. The Balaban J connectivity index is 1.25. The fourth-order valence-corrected chi connectivity index (χ4v) is 8.50. The lowest BCUT2D eigenvalue weighted by Gasteiger charge is -2.36. The van der Waals surface area contributed by atoms with Gasteiger partial charge in [-0.3, -0.25) is 9.59 Å². The lowest BCUT2D eigenvalue weighted by Crippen LogP contribution is -2.46. The Morgan fingerprint density at radius 1 is 1.00 bits per heavy atom. The number of halogens is 2. The number of nitrogens with zero attached hydrogens (tertiary/aromatic N) is 2. The molecule has 0 atom stereocenters. The molecule has 3 aromatic rings. The Morgan fingerprint density at radius 3 is 2.35 bits per heavy atom. The van der Waals surface area contributed by atoms with Gasteiger partial charge in [0.1, 0.15) is 0 Å². The number of likely N-dealkylation sites (tertiary alicyclic amines) is 2. The van der Waals surface area contributed by atoms with Crippen molar-refractivity contribution in [2.45, 2.75) is 56.2 Å². The number of hydrogen-bond acceptors (Lipinski definition) is 5. The maximum Gasteiger partial charge on any atom is 0.256 e. The van der Waals surface area contributed by atoms with Gasteiger partial charge in [0.05, 0.1) is 21.8 Å². The third-order valence-electron chi connectivity index (χ3n) is 8.80. The lowest BCUT2D eigenvalue weighted by atomic mass is 10.0. The Morgan fingerprint density at radius 2 is 1.67 bits per heavy atom. The van der Waals surface area contributed by atoms with Gasteiger partial charge < -0.3 is 20.1 Å². The molecule has 0 aliphatic carbocycles. The number of piperidine rings is 1. The highest BCUT2D eigenvalue weighted by molar-refractivity contribution is 7.90. The van der Waals surface area contributed by atoms with Crippen molar-refractivity contribution in [3.63, 3.8) is 0 Å². The standard InChI is InChI=1S/C32H34Cl2N4O4S/c1-19-29(35-20(2)30(19)32(40)38-11-7-24(8-12-38)37-9-3-4-10-37)17-27-26-16-25(5-6-28(26)36-31(27)39)43(41,42)18-21-13-22(33)15-23(34)14-21/h5-6,13-17,24,35H,3-4,7-12,18H2,1-2H3,(H,36,39). The Hall–Kier alpha value is -3.11. The van der Waals surface area contributed by atoms with Gasteiger partial charge in [-0.15, -0.1) is 0 Å². The smallest absolute Gasteiger partial charge is 0.256 e. The summed E-state index contributed by atoms with van der Waals surface area (Å²) in [5.74, 6) is -0.626. The number of benzene rings is 2. The number of fused-ring (bicyclic) bond motifs is 1. The number of anilines is 1. The number of H-pyrrole nitrogens is 1. The van der Waals surface area contributed by atoms with Crippen LogP contribution in [0.4, 0.5) is 5.69 Å². The Labute approximate surface area is 262 Å². The van der Waals surface area contributed by atoms with E-state index in [0.29, 0.717) is 49.7 Å². The summed E-state index contributed by atoms with van der Waals surface area (Å²) in [7, 11) is -3.77. The zero-order valence-electron chi connectivity index (χ0n) is 24.2. The molecule has 3 aliphatic rings. The van der Waals surface area contributed by atoms with E-state index < -0.39 is 9.84 Å². The van der Waals surface area contributed by atoms with E-state index in [1.165, 1.54) is 25.0 Å². The fraction of sp³-hybridized carbons (Fsp3) is 0.375. The van der Waals surface area contributed by atoms with Crippen LogP contribution in [-0.2, 0) is 20.4 Å². The molecule has 0 bridgehead atoms. The molecule has 43 heavy (non-hydrogen) atoms. The maximum atomic E-state index is 13.6. The summed E-state index contributed by atoms with van der Waals surface area (Å²) < 4.78 is 26.7. The van der Waals surface area contributed by atoms with E-state index in [4.69, 9.17) is 23.2 Å². The average Bonchev–Trinajstić information content (AvgIpc) is 3.66. The van der Waals surface area contributed by atoms with Gasteiger partial charge in [0, 0.05) is 51.8 Å². The third-order valence-corrected chi connectivity index (χ3v) is 10.9. The van der Waals surface area contributed by atoms with Crippen molar-refractivity contribution in [2.75, 3.05) is 31.5 Å². The number of aromatic nitrogens is 1. The number of nitrogens with one attached hydrogen (secondary N) is 2. The Bertz CT molecular complexity index is 1730. The van der Waals surface area contributed by atoms with Crippen LogP contribution in [0.2, 0.25) is 10.0 Å². The molecule has 2 aromatic carbocycles. The van der Waals surface area contributed by atoms with Gasteiger partial charge in [-0.2, -0.15) is 0 Å². The highest BCUT2D eigenvalue weighted by Crippen LogP contribution is 2.37. The van der Waals surface area contributed by atoms with Crippen LogP contribution in [0, 0.1) is 13.8 Å². The molecule has 4 heterocycles. The van der Waals surface area contributed by atoms with Crippen LogP contribution in [0.5, 0.6) is 0 Å². The molecule has 6 rings (SSSR count). The van der Waals surface area contributed by atoms with Crippen molar-refractivity contribution in [1.82, 2.24) is 14.8 Å². The second-order valence-electron chi connectivity index (χ2n) is 11.7. The molecular weight excluding hydrogens is 607 g/mol. The SMILES string of the molecule is Cc1[nH]c(C=C2C(=O)Nc3ccc(S(=O)(=O)Cc4cc(Cl)cc(Cl)c4)cc32)c(C)c1C(=O)N1CCC(N2CCCC2)CC1. The Kier molecular flexibility index (Phi) is 8.19. The molecule has 2 N–H and O–H groups in total.